The minimum absolute atomic E-state index is 0.103. The van der Waals surface area contributed by atoms with E-state index in [9.17, 15) is 9.18 Å². The van der Waals surface area contributed by atoms with Gasteiger partial charge < -0.3 is 0 Å². The van der Waals surface area contributed by atoms with E-state index >= 15 is 0 Å². The van der Waals surface area contributed by atoms with Crippen LogP contribution in [0.15, 0.2) is 41.5 Å². The molecule has 0 spiro atoms. The number of benzene rings is 2. The average molecular weight is 441 g/mol. The predicted molar refractivity (Wildman–Crippen MR) is 106 cm³/mol. The summed E-state index contributed by atoms with van der Waals surface area (Å²) in [6.45, 7) is 2.37. The van der Waals surface area contributed by atoms with Gasteiger partial charge >= 0.3 is 169 Å². The molecule has 3 aliphatic rings. The number of rotatable bonds is 3. The van der Waals surface area contributed by atoms with Gasteiger partial charge in [0.25, 0.3) is 0 Å². The number of nitrogens with zero attached hydrogens (tertiary/aromatic N) is 2. The maximum absolute atomic E-state index is 13.9. The molecule has 2 aromatic rings. The first-order valence-electron chi connectivity index (χ1n) is 9.17. The molecule has 2 amide bonds. The van der Waals surface area contributed by atoms with Gasteiger partial charge in [0.15, 0.2) is 0 Å². The molecule has 5 rings (SSSR count). The Bertz CT molecular complexity index is 992. The number of halogens is 1. The van der Waals surface area contributed by atoms with Crippen LogP contribution in [-0.2, 0) is 0 Å². The van der Waals surface area contributed by atoms with Crippen molar-refractivity contribution >= 4 is 31.8 Å². The molecule has 8 heteroatoms. The van der Waals surface area contributed by atoms with Crippen molar-refractivity contribution in [2.24, 2.45) is 5.10 Å². The summed E-state index contributed by atoms with van der Waals surface area (Å²) in [7, 11) is 1.77. The molecule has 2 aromatic carbocycles. The number of urea groups is 1. The van der Waals surface area contributed by atoms with Gasteiger partial charge in [-0.2, -0.15) is 0 Å². The molecule has 2 N–H and O–H groups in total. The van der Waals surface area contributed by atoms with Gasteiger partial charge in [-0.05, 0) is 0 Å². The third kappa shape index (κ3) is 2.99. The summed E-state index contributed by atoms with van der Waals surface area (Å²) >= 11 is -0.103. The van der Waals surface area contributed by atoms with Crippen molar-refractivity contribution in [1.29, 1.82) is 0 Å². The number of hydrogen-bond acceptors (Lipinski definition) is 4. The summed E-state index contributed by atoms with van der Waals surface area (Å²) in [5.41, 5.74) is 6.15. The predicted octanol–water partition coefficient (Wildman–Crippen LogP) is 1.66. The number of carbonyl (C=O) groups excluding carboxylic acids is 1. The summed E-state index contributed by atoms with van der Waals surface area (Å²) in [6.07, 6.45) is 0. The number of fused-ring (bicyclic) bond motifs is 3. The Labute approximate surface area is 168 Å². The first kappa shape index (κ1) is 17.7. The molecule has 0 bridgehead atoms. The van der Waals surface area contributed by atoms with E-state index in [2.05, 4.69) is 21.9 Å². The van der Waals surface area contributed by atoms with E-state index in [-0.39, 0.29) is 33.6 Å². The molecule has 143 valence electrons. The molecule has 1 saturated heterocycles. The quantitative estimate of drug-likeness (QED) is 0.713. The van der Waals surface area contributed by atoms with Gasteiger partial charge in [-0.25, -0.2) is 0 Å². The van der Waals surface area contributed by atoms with Gasteiger partial charge in [-0.1, -0.05) is 0 Å². The maximum atomic E-state index is 13.9. The van der Waals surface area contributed by atoms with Crippen molar-refractivity contribution in [2.75, 3.05) is 26.7 Å². The third-order valence-electron chi connectivity index (χ3n) is 5.33. The van der Waals surface area contributed by atoms with Gasteiger partial charge in [-0.3, -0.25) is 0 Å². The van der Waals surface area contributed by atoms with Crippen LogP contribution in [0.25, 0.3) is 11.1 Å². The SMILES string of the molecule is CN1C(=O)NN=C2COc3cc(-c4cccc(F)c4)c([As]C4CNC4)cc3C21. The molecular weight excluding hydrogens is 422 g/mol. The van der Waals surface area contributed by atoms with E-state index in [1.807, 2.05) is 12.1 Å². The fraction of sp³-hybridized carbons (Fsp3) is 0.300. The first-order chi connectivity index (χ1) is 13.6. The summed E-state index contributed by atoms with van der Waals surface area (Å²) < 4.78 is 21.7. The number of ether oxygens (including phenoxy) is 1. The summed E-state index contributed by atoms with van der Waals surface area (Å²) in [4.78, 5) is 13.8. The van der Waals surface area contributed by atoms with Crippen molar-refractivity contribution in [3.05, 3.63) is 47.8 Å². The standard InChI is InChI=1S/C20H19AsFN4O2/c1-26-19-15-6-16(21-12-8-23-9-12)14(11-3-2-4-13(22)5-11)7-18(15)28-10-17(19)24-25-20(26)27/h2-7,12,19,23H,8-10H2,1H3,(H,25,27). The third-order valence-corrected chi connectivity index (χ3v) is 8.23. The van der Waals surface area contributed by atoms with Crippen molar-refractivity contribution in [1.82, 2.24) is 15.6 Å². The van der Waals surface area contributed by atoms with Crippen molar-refractivity contribution < 1.29 is 13.9 Å². The molecule has 28 heavy (non-hydrogen) atoms. The Morgan fingerprint density at radius 2 is 2.14 bits per heavy atom. The van der Waals surface area contributed by atoms with Gasteiger partial charge in [-0.15, -0.1) is 0 Å². The number of amides is 2. The normalized spacial score (nSPS) is 21.5. The molecule has 1 unspecified atom stereocenters. The van der Waals surface area contributed by atoms with Crippen LogP contribution in [0.1, 0.15) is 11.6 Å². The second-order valence-electron chi connectivity index (χ2n) is 7.18. The van der Waals surface area contributed by atoms with Gasteiger partial charge in [0.1, 0.15) is 0 Å². The molecule has 3 heterocycles. The molecule has 0 saturated carbocycles. The van der Waals surface area contributed by atoms with Crippen molar-refractivity contribution in [3.8, 4) is 16.9 Å². The van der Waals surface area contributed by atoms with E-state index < -0.39 is 0 Å². The van der Waals surface area contributed by atoms with Crippen LogP contribution in [0.5, 0.6) is 5.75 Å². The molecule has 0 aromatic heterocycles. The molecule has 0 aliphatic carbocycles. The fourth-order valence-corrected chi connectivity index (χ4v) is 6.63. The van der Waals surface area contributed by atoms with E-state index in [0.29, 0.717) is 11.3 Å². The second kappa shape index (κ2) is 6.90. The zero-order valence-corrected chi connectivity index (χ0v) is 17.2. The van der Waals surface area contributed by atoms with Gasteiger partial charge in [0, 0.05) is 0 Å². The number of hydrazone groups is 1. The first-order valence-corrected chi connectivity index (χ1v) is 11.2. The Balaban J connectivity index is 1.64. The number of nitrogens with one attached hydrogen (secondary N) is 2. The second-order valence-corrected chi connectivity index (χ2v) is 10.3. The number of carbonyl (C=O) groups is 1. The van der Waals surface area contributed by atoms with Crippen LogP contribution in [0, 0.1) is 5.82 Å². The van der Waals surface area contributed by atoms with E-state index in [1.165, 1.54) is 10.4 Å². The van der Waals surface area contributed by atoms with Crippen LogP contribution in [0.2, 0.25) is 4.71 Å². The Morgan fingerprint density at radius 3 is 2.89 bits per heavy atom. The fourth-order valence-electron chi connectivity index (χ4n) is 3.73. The molecule has 1 fully saturated rings. The van der Waals surface area contributed by atoms with Crippen LogP contribution < -0.4 is 19.8 Å². The summed E-state index contributed by atoms with van der Waals surface area (Å²) in [5, 5.41) is 7.52. The summed E-state index contributed by atoms with van der Waals surface area (Å²) in [6, 6.07) is 10.4. The van der Waals surface area contributed by atoms with Gasteiger partial charge in [0.05, 0.1) is 0 Å². The van der Waals surface area contributed by atoms with Crippen LogP contribution in [0.4, 0.5) is 9.18 Å². The van der Waals surface area contributed by atoms with E-state index in [1.54, 1.807) is 24.1 Å². The molecule has 1 radical (unpaired) electrons. The molecule has 3 aliphatic heterocycles. The monoisotopic (exact) mass is 441 g/mol. The Hall–Kier alpha value is -2.37. The van der Waals surface area contributed by atoms with Crippen LogP contribution >= 0.6 is 0 Å². The van der Waals surface area contributed by atoms with Gasteiger partial charge in [0.2, 0.25) is 0 Å². The van der Waals surface area contributed by atoms with Crippen molar-refractivity contribution in [2.45, 2.75) is 10.7 Å². The van der Waals surface area contributed by atoms with Crippen LogP contribution in [0.3, 0.4) is 0 Å². The zero-order valence-electron chi connectivity index (χ0n) is 15.3. The van der Waals surface area contributed by atoms with Crippen molar-refractivity contribution in [3.63, 3.8) is 0 Å². The number of hydrogen-bond donors (Lipinski definition) is 2. The van der Waals surface area contributed by atoms with Crippen LogP contribution in [-0.4, -0.2) is 59.1 Å². The average Bonchev–Trinajstić information content (AvgIpc) is 2.66. The Morgan fingerprint density at radius 1 is 1.29 bits per heavy atom. The molecular formula is C20H19AsFN4O2. The summed E-state index contributed by atoms with van der Waals surface area (Å²) in [5.74, 6) is 0.489. The molecule has 6 nitrogen and oxygen atoms in total. The Kier molecular flexibility index (Phi) is 4.37. The molecule has 1 atom stereocenters. The van der Waals surface area contributed by atoms with E-state index in [0.717, 1.165) is 41.2 Å². The zero-order chi connectivity index (χ0) is 19.3. The van der Waals surface area contributed by atoms with E-state index in [4.69, 9.17) is 4.74 Å². The topological polar surface area (TPSA) is 66.0 Å². The minimum atomic E-state index is -0.248.